The Morgan fingerprint density at radius 2 is 1.92 bits per heavy atom. The fourth-order valence-electron chi connectivity index (χ4n) is 1.52. The fraction of sp³-hybridized carbons (Fsp3) is 0.900. The van der Waals surface area contributed by atoms with Gasteiger partial charge in [0.2, 0.25) is 6.34 Å². The van der Waals surface area contributed by atoms with Crippen LogP contribution in [0.2, 0.25) is 0 Å². The summed E-state index contributed by atoms with van der Waals surface area (Å²) >= 11 is 0. The molecule has 0 aromatic rings. The Morgan fingerprint density at radius 1 is 1.25 bits per heavy atom. The van der Waals surface area contributed by atoms with E-state index in [-0.39, 0.29) is 0 Å². The Bertz CT molecular complexity index is 171. The molecule has 1 aliphatic heterocycles. The third-order valence-corrected chi connectivity index (χ3v) is 2.46. The lowest BCUT2D eigenvalue weighted by Gasteiger charge is -2.25. The van der Waals surface area contributed by atoms with E-state index in [4.69, 9.17) is 0 Å². The quantitative estimate of drug-likeness (QED) is 0.568. The SMILES string of the molecule is CC(C)N1C=[N+](C(C)C)CCC1. The molecule has 0 spiro atoms. The molecule has 1 heterocycles. The minimum absolute atomic E-state index is 0.645. The molecule has 0 amide bonds. The van der Waals surface area contributed by atoms with Gasteiger partial charge in [-0.05, 0) is 27.7 Å². The second-order valence-electron chi connectivity index (χ2n) is 4.13. The van der Waals surface area contributed by atoms with Gasteiger partial charge in [0.05, 0.1) is 25.2 Å². The van der Waals surface area contributed by atoms with Gasteiger partial charge in [0.25, 0.3) is 0 Å². The Balaban J connectivity index is 2.63. The third-order valence-electron chi connectivity index (χ3n) is 2.46. The number of hydrogen-bond acceptors (Lipinski definition) is 1. The van der Waals surface area contributed by atoms with Crippen LogP contribution in [0.1, 0.15) is 34.1 Å². The van der Waals surface area contributed by atoms with Crippen molar-refractivity contribution in [2.24, 2.45) is 0 Å². The zero-order valence-corrected chi connectivity index (χ0v) is 8.75. The monoisotopic (exact) mass is 169 g/mol. The molecule has 1 aliphatic rings. The van der Waals surface area contributed by atoms with Gasteiger partial charge in [0.15, 0.2) is 0 Å². The smallest absolute Gasteiger partial charge is 0.234 e. The molecule has 1 rings (SSSR count). The van der Waals surface area contributed by atoms with Crippen LogP contribution in [-0.4, -0.2) is 41.0 Å². The van der Waals surface area contributed by atoms with Gasteiger partial charge in [-0.3, -0.25) is 9.48 Å². The van der Waals surface area contributed by atoms with Gasteiger partial charge in [0, 0.05) is 6.42 Å². The van der Waals surface area contributed by atoms with Gasteiger partial charge in [-0.25, -0.2) is 0 Å². The van der Waals surface area contributed by atoms with E-state index in [0.29, 0.717) is 12.1 Å². The maximum absolute atomic E-state index is 2.42. The largest absolute Gasteiger partial charge is 0.266 e. The first-order chi connectivity index (χ1) is 5.61. The Kier molecular flexibility index (Phi) is 3.12. The topological polar surface area (TPSA) is 6.25 Å². The maximum Gasteiger partial charge on any atom is 0.234 e. The molecule has 0 unspecified atom stereocenters. The molecule has 0 atom stereocenters. The average molecular weight is 169 g/mol. The highest BCUT2D eigenvalue weighted by atomic mass is 15.2. The molecule has 0 bridgehead atoms. The van der Waals surface area contributed by atoms with E-state index in [1.807, 2.05) is 0 Å². The van der Waals surface area contributed by atoms with Crippen molar-refractivity contribution in [2.75, 3.05) is 13.1 Å². The summed E-state index contributed by atoms with van der Waals surface area (Å²) in [5, 5.41) is 0. The zero-order chi connectivity index (χ0) is 9.14. The summed E-state index contributed by atoms with van der Waals surface area (Å²) in [4.78, 5) is 2.42. The first kappa shape index (κ1) is 9.56. The highest BCUT2D eigenvalue weighted by Crippen LogP contribution is 2.03. The van der Waals surface area contributed by atoms with E-state index in [1.165, 1.54) is 19.5 Å². The van der Waals surface area contributed by atoms with Crippen LogP contribution in [0.25, 0.3) is 0 Å². The van der Waals surface area contributed by atoms with E-state index in [1.54, 1.807) is 0 Å². The highest BCUT2D eigenvalue weighted by Gasteiger charge is 2.19. The predicted molar refractivity (Wildman–Crippen MR) is 52.8 cm³/mol. The summed E-state index contributed by atoms with van der Waals surface area (Å²) < 4.78 is 2.42. The van der Waals surface area contributed by atoms with Crippen molar-refractivity contribution in [3.05, 3.63) is 0 Å². The van der Waals surface area contributed by atoms with E-state index in [2.05, 4.69) is 43.5 Å². The lowest BCUT2D eigenvalue weighted by molar-refractivity contribution is -0.563. The van der Waals surface area contributed by atoms with Gasteiger partial charge in [-0.2, -0.15) is 0 Å². The van der Waals surface area contributed by atoms with Crippen LogP contribution >= 0.6 is 0 Å². The molecule has 0 aromatic heterocycles. The van der Waals surface area contributed by atoms with Gasteiger partial charge >= 0.3 is 0 Å². The second kappa shape index (κ2) is 3.92. The Morgan fingerprint density at radius 3 is 2.42 bits per heavy atom. The molecule has 70 valence electrons. The molecule has 0 saturated heterocycles. The molecule has 0 radical (unpaired) electrons. The van der Waals surface area contributed by atoms with Crippen LogP contribution < -0.4 is 0 Å². The normalized spacial score (nSPS) is 18.8. The molecular formula is C10H21N2+. The number of nitrogens with zero attached hydrogens (tertiary/aromatic N) is 2. The number of rotatable bonds is 2. The fourth-order valence-corrected chi connectivity index (χ4v) is 1.52. The lowest BCUT2D eigenvalue weighted by atomic mass is 10.2. The Hall–Kier alpha value is -0.530. The van der Waals surface area contributed by atoms with Gasteiger partial charge < -0.3 is 0 Å². The molecule has 2 nitrogen and oxygen atoms in total. The van der Waals surface area contributed by atoms with Crippen LogP contribution in [-0.2, 0) is 0 Å². The predicted octanol–water partition coefficient (Wildman–Crippen LogP) is 1.55. The summed E-state index contributed by atoms with van der Waals surface area (Å²) in [6.07, 6.45) is 3.59. The van der Waals surface area contributed by atoms with Crippen LogP contribution in [0.4, 0.5) is 0 Å². The molecule has 0 fully saturated rings. The van der Waals surface area contributed by atoms with Crippen LogP contribution in [0.5, 0.6) is 0 Å². The van der Waals surface area contributed by atoms with Crippen LogP contribution in [0.15, 0.2) is 0 Å². The van der Waals surface area contributed by atoms with Crippen molar-refractivity contribution in [3.63, 3.8) is 0 Å². The maximum atomic E-state index is 2.42. The lowest BCUT2D eigenvalue weighted by Crippen LogP contribution is -2.42. The summed E-state index contributed by atoms with van der Waals surface area (Å²) in [6, 6.07) is 1.29. The Labute approximate surface area is 75.9 Å². The minimum atomic E-state index is 0.645. The van der Waals surface area contributed by atoms with Gasteiger partial charge in [-0.15, -0.1) is 0 Å². The van der Waals surface area contributed by atoms with E-state index in [0.717, 1.165) is 0 Å². The summed E-state index contributed by atoms with van der Waals surface area (Å²) in [5.41, 5.74) is 0. The van der Waals surface area contributed by atoms with E-state index in [9.17, 15) is 0 Å². The molecule has 12 heavy (non-hydrogen) atoms. The van der Waals surface area contributed by atoms with Crippen molar-refractivity contribution >= 4 is 6.34 Å². The van der Waals surface area contributed by atoms with Crippen LogP contribution in [0, 0.1) is 0 Å². The molecule has 0 N–H and O–H groups in total. The average Bonchev–Trinajstić information content (AvgIpc) is 2.04. The van der Waals surface area contributed by atoms with Crippen molar-refractivity contribution in [1.82, 2.24) is 4.90 Å². The summed E-state index contributed by atoms with van der Waals surface area (Å²) in [6.45, 7) is 11.4. The second-order valence-corrected chi connectivity index (χ2v) is 4.13. The van der Waals surface area contributed by atoms with E-state index >= 15 is 0 Å². The van der Waals surface area contributed by atoms with Gasteiger partial charge in [-0.1, -0.05) is 0 Å². The molecule has 0 saturated carbocycles. The van der Waals surface area contributed by atoms with Crippen molar-refractivity contribution < 1.29 is 4.58 Å². The van der Waals surface area contributed by atoms with Crippen molar-refractivity contribution in [1.29, 1.82) is 0 Å². The molecule has 0 aliphatic carbocycles. The van der Waals surface area contributed by atoms with E-state index < -0.39 is 0 Å². The molecule has 2 heteroatoms. The summed E-state index contributed by atoms with van der Waals surface area (Å²) in [7, 11) is 0. The highest BCUT2D eigenvalue weighted by molar-refractivity contribution is 5.50. The zero-order valence-electron chi connectivity index (χ0n) is 8.75. The first-order valence-electron chi connectivity index (χ1n) is 4.97. The summed E-state index contributed by atoms with van der Waals surface area (Å²) in [5.74, 6) is 0. The van der Waals surface area contributed by atoms with Gasteiger partial charge in [0.1, 0.15) is 0 Å². The number of hydrogen-bond donors (Lipinski definition) is 0. The van der Waals surface area contributed by atoms with Crippen LogP contribution in [0.3, 0.4) is 0 Å². The molecule has 0 aromatic carbocycles. The van der Waals surface area contributed by atoms with Crippen molar-refractivity contribution in [3.8, 4) is 0 Å². The standard InChI is InChI=1S/C10H21N2/c1-9(2)11-6-5-7-12(8-11)10(3)4/h8-10H,5-7H2,1-4H3/q+1. The minimum Gasteiger partial charge on any atom is -0.266 e. The first-order valence-corrected chi connectivity index (χ1v) is 4.97. The third kappa shape index (κ3) is 2.23. The molecular weight excluding hydrogens is 148 g/mol. The van der Waals surface area contributed by atoms with Crippen molar-refractivity contribution in [2.45, 2.75) is 46.2 Å².